The second-order valence-electron chi connectivity index (χ2n) is 6.95. The summed E-state index contributed by atoms with van der Waals surface area (Å²) in [5.41, 5.74) is 2.89. The average molecular weight is 432 g/mol. The number of carbonyl (C=O) groups excluding carboxylic acids is 1. The summed E-state index contributed by atoms with van der Waals surface area (Å²) in [5.74, 6) is 1.20. The largest absolute Gasteiger partial charge is 0.441 e. The maximum atomic E-state index is 12.6. The van der Waals surface area contributed by atoms with E-state index in [2.05, 4.69) is 15.3 Å². The molecule has 1 atom stereocenters. The molecule has 0 spiro atoms. The molecule has 0 aliphatic carbocycles. The Hall–Kier alpha value is -3.58. The molecule has 31 heavy (non-hydrogen) atoms. The molecule has 2 aromatic heterocycles. The Morgan fingerprint density at radius 1 is 1.03 bits per heavy atom. The fourth-order valence-corrected chi connectivity index (χ4v) is 4.16. The molecule has 2 heterocycles. The van der Waals surface area contributed by atoms with E-state index >= 15 is 0 Å². The number of nitrogens with zero attached hydrogens (tertiary/aromatic N) is 2. The molecule has 0 aliphatic heterocycles. The summed E-state index contributed by atoms with van der Waals surface area (Å²) in [4.78, 5) is 21.7. The number of oxazole rings is 1. The Morgan fingerprint density at radius 3 is 2.52 bits per heavy atom. The Bertz CT molecular complexity index is 1190. The van der Waals surface area contributed by atoms with Gasteiger partial charge in [0.15, 0.2) is 0 Å². The molecule has 0 saturated heterocycles. The summed E-state index contributed by atoms with van der Waals surface area (Å²) in [7, 11) is -1.20. The highest BCUT2D eigenvalue weighted by molar-refractivity contribution is 7.84. The number of hydrogen-bond donors (Lipinski definition) is 1. The molecule has 0 radical (unpaired) electrons. The second-order valence-corrected chi connectivity index (χ2v) is 8.40. The molecule has 1 unspecified atom stereocenters. The van der Waals surface area contributed by atoms with Crippen molar-refractivity contribution in [3.05, 3.63) is 102 Å². The van der Waals surface area contributed by atoms with E-state index in [4.69, 9.17) is 4.42 Å². The van der Waals surface area contributed by atoms with Gasteiger partial charge in [-0.3, -0.25) is 14.0 Å². The lowest BCUT2D eigenvalue weighted by Crippen LogP contribution is -2.22. The van der Waals surface area contributed by atoms with E-state index < -0.39 is 10.8 Å². The molecule has 6 nitrogen and oxygen atoms in total. The number of aromatic nitrogens is 2. The molecule has 4 aromatic rings. The van der Waals surface area contributed by atoms with Crippen LogP contribution in [0.1, 0.15) is 27.4 Å². The third-order valence-corrected chi connectivity index (χ3v) is 6.07. The van der Waals surface area contributed by atoms with Crippen LogP contribution >= 0.6 is 0 Å². The van der Waals surface area contributed by atoms with Crippen LogP contribution in [0.3, 0.4) is 0 Å². The molecule has 0 fully saturated rings. The quantitative estimate of drug-likeness (QED) is 0.472. The number of pyridine rings is 1. The highest BCUT2D eigenvalue weighted by atomic mass is 32.2. The van der Waals surface area contributed by atoms with Crippen LogP contribution in [0.4, 0.5) is 0 Å². The van der Waals surface area contributed by atoms with Crippen LogP contribution in [0.15, 0.2) is 88.4 Å². The zero-order valence-corrected chi connectivity index (χ0v) is 17.8. The SMILES string of the molecule is Cc1oc(-c2ccc(C(=O)NCc3cccnc3)cc2)nc1CS(=O)c1ccccc1. The van der Waals surface area contributed by atoms with Crippen molar-refractivity contribution in [2.45, 2.75) is 24.1 Å². The summed E-state index contributed by atoms with van der Waals surface area (Å²) in [5, 5.41) is 2.87. The van der Waals surface area contributed by atoms with Crippen molar-refractivity contribution >= 4 is 16.7 Å². The molecule has 156 valence electrons. The molecule has 1 amide bonds. The van der Waals surface area contributed by atoms with Crippen LogP contribution in [-0.4, -0.2) is 20.1 Å². The zero-order valence-electron chi connectivity index (χ0n) is 16.9. The normalized spacial score (nSPS) is 11.8. The van der Waals surface area contributed by atoms with E-state index in [0.29, 0.717) is 29.5 Å². The lowest BCUT2D eigenvalue weighted by Gasteiger charge is -2.05. The maximum Gasteiger partial charge on any atom is 0.251 e. The first-order valence-corrected chi connectivity index (χ1v) is 11.1. The van der Waals surface area contributed by atoms with Crippen molar-refractivity contribution in [1.82, 2.24) is 15.3 Å². The summed E-state index contributed by atoms with van der Waals surface area (Å²) in [6, 6.07) is 20.1. The van der Waals surface area contributed by atoms with Crippen molar-refractivity contribution in [3.63, 3.8) is 0 Å². The van der Waals surface area contributed by atoms with Gasteiger partial charge in [-0.1, -0.05) is 24.3 Å². The van der Waals surface area contributed by atoms with E-state index in [-0.39, 0.29) is 11.7 Å². The number of benzene rings is 2. The van der Waals surface area contributed by atoms with Crippen molar-refractivity contribution in [3.8, 4) is 11.5 Å². The van der Waals surface area contributed by atoms with Gasteiger partial charge in [0.1, 0.15) is 5.76 Å². The maximum absolute atomic E-state index is 12.6. The average Bonchev–Trinajstić information content (AvgIpc) is 3.19. The van der Waals surface area contributed by atoms with Crippen LogP contribution in [0, 0.1) is 6.92 Å². The Labute approximate surface area is 182 Å². The van der Waals surface area contributed by atoms with Crippen LogP contribution in [0.5, 0.6) is 0 Å². The predicted molar refractivity (Wildman–Crippen MR) is 119 cm³/mol. The molecule has 0 aliphatic rings. The Balaban J connectivity index is 1.42. The van der Waals surface area contributed by atoms with E-state index in [0.717, 1.165) is 16.0 Å². The summed E-state index contributed by atoms with van der Waals surface area (Å²) in [6.45, 7) is 2.23. The minimum atomic E-state index is -1.20. The van der Waals surface area contributed by atoms with E-state index in [1.807, 2.05) is 49.4 Å². The fourth-order valence-electron chi connectivity index (χ4n) is 3.02. The number of nitrogens with one attached hydrogen (secondary N) is 1. The van der Waals surface area contributed by atoms with Gasteiger partial charge in [-0.15, -0.1) is 0 Å². The first-order valence-electron chi connectivity index (χ1n) is 9.77. The van der Waals surface area contributed by atoms with Gasteiger partial charge in [0, 0.05) is 35.0 Å². The van der Waals surface area contributed by atoms with E-state index in [9.17, 15) is 9.00 Å². The van der Waals surface area contributed by atoms with Gasteiger partial charge in [0.25, 0.3) is 5.91 Å². The summed E-state index contributed by atoms with van der Waals surface area (Å²) >= 11 is 0. The van der Waals surface area contributed by atoms with Gasteiger partial charge >= 0.3 is 0 Å². The fraction of sp³-hybridized carbons (Fsp3) is 0.125. The predicted octanol–water partition coefficient (Wildman–Crippen LogP) is 4.28. The molecule has 2 aromatic carbocycles. The first kappa shape index (κ1) is 20.7. The van der Waals surface area contributed by atoms with Gasteiger partial charge in [-0.2, -0.15) is 0 Å². The van der Waals surface area contributed by atoms with Crippen LogP contribution in [0.25, 0.3) is 11.5 Å². The lowest BCUT2D eigenvalue weighted by molar-refractivity contribution is 0.0951. The molecule has 1 N–H and O–H groups in total. The van der Waals surface area contributed by atoms with Gasteiger partial charge < -0.3 is 9.73 Å². The molecular weight excluding hydrogens is 410 g/mol. The van der Waals surface area contributed by atoms with Gasteiger partial charge in [0.05, 0.1) is 22.2 Å². The van der Waals surface area contributed by atoms with Gasteiger partial charge in [-0.25, -0.2) is 4.98 Å². The monoisotopic (exact) mass is 431 g/mol. The first-order chi connectivity index (χ1) is 15.1. The van der Waals surface area contributed by atoms with Crippen molar-refractivity contribution < 1.29 is 13.4 Å². The van der Waals surface area contributed by atoms with Crippen LogP contribution < -0.4 is 5.32 Å². The molecule has 4 rings (SSSR count). The standard InChI is InChI=1S/C24H21N3O3S/c1-17-22(16-31(29)21-7-3-2-4-8-21)27-24(30-17)20-11-9-19(10-12-20)23(28)26-15-18-6-5-13-25-14-18/h2-14H,15-16H2,1H3,(H,26,28). The van der Waals surface area contributed by atoms with E-state index in [1.165, 1.54) is 0 Å². The van der Waals surface area contributed by atoms with Gasteiger partial charge in [-0.05, 0) is 55.0 Å². The van der Waals surface area contributed by atoms with Gasteiger partial charge in [0.2, 0.25) is 5.89 Å². The third-order valence-electron chi connectivity index (χ3n) is 4.74. The summed E-state index contributed by atoms with van der Waals surface area (Å²) in [6.07, 6.45) is 3.41. The number of aryl methyl sites for hydroxylation is 1. The Morgan fingerprint density at radius 2 is 1.81 bits per heavy atom. The lowest BCUT2D eigenvalue weighted by atomic mass is 10.1. The highest BCUT2D eigenvalue weighted by Gasteiger charge is 2.15. The number of rotatable bonds is 7. The minimum absolute atomic E-state index is 0.169. The Kier molecular flexibility index (Phi) is 6.33. The van der Waals surface area contributed by atoms with Crippen molar-refractivity contribution in [2.24, 2.45) is 0 Å². The number of amides is 1. The van der Waals surface area contributed by atoms with Crippen molar-refractivity contribution in [2.75, 3.05) is 0 Å². The topological polar surface area (TPSA) is 85.1 Å². The number of hydrogen-bond acceptors (Lipinski definition) is 5. The van der Waals surface area contributed by atoms with Crippen molar-refractivity contribution in [1.29, 1.82) is 0 Å². The smallest absolute Gasteiger partial charge is 0.251 e. The second kappa shape index (κ2) is 9.49. The minimum Gasteiger partial charge on any atom is -0.441 e. The van der Waals surface area contributed by atoms with E-state index in [1.54, 1.807) is 36.7 Å². The highest BCUT2D eigenvalue weighted by Crippen LogP contribution is 2.24. The number of carbonyl (C=O) groups is 1. The zero-order chi connectivity index (χ0) is 21.6. The van der Waals surface area contributed by atoms with Crippen LogP contribution in [-0.2, 0) is 23.1 Å². The third kappa shape index (κ3) is 5.13. The van der Waals surface area contributed by atoms with Crippen LogP contribution in [0.2, 0.25) is 0 Å². The molecule has 0 saturated carbocycles. The molecule has 7 heteroatoms. The summed E-state index contributed by atoms with van der Waals surface area (Å²) < 4.78 is 18.4. The molecule has 0 bridgehead atoms. The molecular formula is C24H21N3O3S.